The van der Waals surface area contributed by atoms with E-state index in [-0.39, 0.29) is 5.92 Å². The summed E-state index contributed by atoms with van der Waals surface area (Å²) >= 11 is 0. The fourth-order valence-electron chi connectivity index (χ4n) is 1.66. The standard InChI is InChI=1S/C8H15NO2/c10-6-9-8(11)7-4-2-1-3-5-7/h6-8,11H,1-5H2,(H,9,10). The fourth-order valence-corrected chi connectivity index (χ4v) is 1.66. The molecule has 1 amide bonds. The van der Waals surface area contributed by atoms with Crippen LogP contribution in [0.25, 0.3) is 0 Å². The van der Waals surface area contributed by atoms with Crippen LogP contribution >= 0.6 is 0 Å². The second kappa shape index (κ2) is 4.34. The van der Waals surface area contributed by atoms with Gasteiger partial charge in [0.1, 0.15) is 6.23 Å². The molecule has 1 aliphatic carbocycles. The van der Waals surface area contributed by atoms with Gasteiger partial charge in [0.25, 0.3) is 0 Å². The Bertz CT molecular complexity index is 121. The minimum atomic E-state index is -0.618. The summed E-state index contributed by atoms with van der Waals surface area (Å²) in [5, 5.41) is 11.7. The molecule has 11 heavy (non-hydrogen) atoms. The molecule has 0 aliphatic heterocycles. The van der Waals surface area contributed by atoms with E-state index in [1.54, 1.807) is 0 Å². The Balaban J connectivity index is 2.26. The first-order chi connectivity index (χ1) is 5.34. The molecule has 3 nitrogen and oxygen atoms in total. The molecule has 1 atom stereocenters. The molecule has 3 heteroatoms. The number of carbonyl (C=O) groups is 1. The van der Waals surface area contributed by atoms with Gasteiger partial charge in [-0.25, -0.2) is 0 Å². The number of amides is 1. The number of hydrogen-bond donors (Lipinski definition) is 2. The first kappa shape index (κ1) is 8.53. The van der Waals surface area contributed by atoms with E-state index in [9.17, 15) is 9.90 Å². The molecule has 1 fully saturated rings. The average molecular weight is 157 g/mol. The van der Waals surface area contributed by atoms with Crippen molar-refractivity contribution in [1.82, 2.24) is 5.32 Å². The van der Waals surface area contributed by atoms with Crippen molar-refractivity contribution in [2.45, 2.75) is 38.3 Å². The molecule has 0 aromatic rings. The first-order valence-corrected chi connectivity index (χ1v) is 4.22. The zero-order valence-electron chi connectivity index (χ0n) is 6.62. The van der Waals surface area contributed by atoms with Crippen molar-refractivity contribution in [1.29, 1.82) is 0 Å². The van der Waals surface area contributed by atoms with Gasteiger partial charge in [-0.15, -0.1) is 0 Å². The maximum absolute atomic E-state index is 9.99. The van der Waals surface area contributed by atoms with Crippen LogP contribution in [0.2, 0.25) is 0 Å². The van der Waals surface area contributed by atoms with Crippen LogP contribution in [-0.4, -0.2) is 17.7 Å². The van der Waals surface area contributed by atoms with Gasteiger partial charge in [-0.1, -0.05) is 19.3 Å². The third kappa shape index (κ3) is 2.50. The zero-order chi connectivity index (χ0) is 8.10. The van der Waals surface area contributed by atoms with Crippen molar-refractivity contribution in [3.05, 3.63) is 0 Å². The molecule has 0 aromatic heterocycles. The average Bonchev–Trinajstić information content (AvgIpc) is 2.07. The summed E-state index contributed by atoms with van der Waals surface area (Å²) in [6.07, 6.45) is 5.67. The molecule has 1 saturated carbocycles. The quantitative estimate of drug-likeness (QED) is 0.466. The van der Waals surface area contributed by atoms with Crippen LogP contribution in [0.5, 0.6) is 0 Å². The third-order valence-electron chi connectivity index (χ3n) is 2.34. The van der Waals surface area contributed by atoms with E-state index in [1.165, 1.54) is 19.3 Å². The lowest BCUT2D eigenvalue weighted by Crippen LogP contribution is -2.35. The number of aliphatic hydroxyl groups is 1. The van der Waals surface area contributed by atoms with Crippen LogP contribution < -0.4 is 5.32 Å². The smallest absolute Gasteiger partial charge is 0.209 e. The molecule has 1 unspecified atom stereocenters. The van der Waals surface area contributed by atoms with Crippen LogP contribution in [0, 0.1) is 5.92 Å². The molecule has 1 aliphatic rings. The van der Waals surface area contributed by atoms with Crippen molar-refractivity contribution in [2.24, 2.45) is 5.92 Å². The molecule has 0 aromatic carbocycles. The second-order valence-electron chi connectivity index (χ2n) is 3.13. The van der Waals surface area contributed by atoms with Gasteiger partial charge in [-0.3, -0.25) is 4.79 Å². The van der Waals surface area contributed by atoms with Crippen LogP contribution in [0.3, 0.4) is 0 Å². The molecule has 0 saturated heterocycles. The SMILES string of the molecule is O=CNC(O)C1CCCCC1. The van der Waals surface area contributed by atoms with Gasteiger partial charge in [0.05, 0.1) is 0 Å². The Hall–Kier alpha value is -0.570. The maximum atomic E-state index is 9.99. The van der Waals surface area contributed by atoms with E-state index in [1.807, 2.05) is 0 Å². The second-order valence-corrected chi connectivity index (χ2v) is 3.13. The molecule has 0 bridgehead atoms. The maximum Gasteiger partial charge on any atom is 0.209 e. The van der Waals surface area contributed by atoms with Gasteiger partial charge < -0.3 is 10.4 Å². The molecule has 0 heterocycles. The summed E-state index contributed by atoms with van der Waals surface area (Å²) in [6.45, 7) is 0. The van der Waals surface area contributed by atoms with Crippen LogP contribution in [-0.2, 0) is 4.79 Å². The minimum absolute atomic E-state index is 0.286. The zero-order valence-corrected chi connectivity index (χ0v) is 6.62. The molecule has 2 N–H and O–H groups in total. The highest BCUT2D eigenvalue weighted by atomic mass is 16.3. The summed E-state index contributed by atoms with van der Waals surface area (Å²) in [5.74, 6) is 0.286. The first-order valence-electron chi connectivity index (χ1n) is 4.22. The Morgan fingerprint density at radius 3 is 2.55 bits per heavy atom. The Labute approximate surface area is 66.8 Å². The van der Waals surface area contributed by atoms with Crippen LogP contribution in [0.15, 0.2) is 0 Å². The van der Waals surface area contributed by atoms with Crippen molar-refractivity contribution in [3.8, 4) is 0 Å². The molecule has 0 spiro atoms. The lowest BCUT2D eigenvalue weighted by molar-refractivity contribution is -0.113. The summed E-state index contributed by atoms with van der Waals surface area (Å²) < 4.78 is 0. The van der Waals surface area contributed by atoms with Crippen molar-refractivity contribution in [2.75, 3.05) is 0 Å². The lowest BCUT2D eigenvalue weighted by Gasteiger charge is -2.25. The summed E-state index contributed by atoms with van der Waals surface area (Å²) in [5.41, 5.74) is 0. The third-order valence-corrected chi connectivity index (χ3v) is 2.34. The van der Waals surface area contributed by atoms with Crippen LogP contribution in [0.1, 0.15) is 32.1 Å². The van der Waals surface area contributed by atoms with E-state index in [4.69, 9.17) is 0 Å². The highest BCUT2D eigenvalue weighted by Crippen LogP contribution is 2.25. The monoisotopic (exact) mass is 157 g/mol. The Morgan fingerprint density at radius 1 is 1.36 bits per heavy atom. The fraction of sp³-hybridized carbons (Fsp3) is 0.875. The molecular weight excluding hydrogens is 142 g/mol. The molecule has 64 valence electrons. The summed E-state index contributed by atoms with van der Waals surface area (Å²) in [7, 11) is 0. The molecular formula is C8H15NO2. The van der Waals surface area contributed by atoms with Gasteiger partial charge in [0, 0.05) is 5.92 Å². The number of carbonyl (C=O) groups excluding carboxylic acids is 1. The highest BCUT2D eigenvalue weighted by molar-refractivity contribution is 5.46. The number of hydrogen-bond acceptors (Lipinski definition) is 2. The summed E-state index contributed by atoms with van der Waals surface area (Å²) in [6, 6.07) is 0. The summed E-state index contributed by atoms with van der Waals surface area (Å²) in [4.78, 5) is 9.99. The normalized spacial score (nSPS) is 22.6. The number of nitrogens with one attached hydrogen (secondary N) is 1. The Kier molecular flexibility index (Phi) is 3.36. The minimum Gasteiger partial charge on any atom is -0.373 e. The van der Waals surface area contributed by atoms with Crippen molar-refractivity contribution >= 4 is 6.41 Å². The van der Waals surface area contributed by atoms with Crippen molar-refractivity contribution < 1.29 is 9.90 Å². The highest BCUT2D eigenvalue weighted by Gasteiger charge is 2.20. The van der Waals surface area contributed by atoms with Crippen LogP contribution in [0.4, 0.5) is 0 Å². The number of aliphatic hydroxyl groups excluding tert-OH is 1. The predicted molar refractivity (Wildman–Crippen MR) is 41.8 cm³/mol. The van der Waals surface area contributed by atoms with E-state index in [2.05, 4.69) is 5.32 Å². The van der Waals surface area contributed by atoms with Crippen molar-refractivity contribution in [3.63, 3.8) is 0 Å². The largest absolute Gasteiger partial charge is 0.373 e. The van der Waals surface area contributed by atoms with Gasteiger partial charge in [0.15, 0.2) is 0 Å². The molecule has 0 radical (unpaired) electrons. The van der Waals surface area contributed by atoms with Gasteiger partial charge >= 0.3 is 0 Å². The topological polar surface area (TPSA) is 49.3 Å². The van der Waals surface area contributed by atoms with Gasteiger partial charge in [-0.05, 0) is 12.8 Å². The van der Waals surface area contributed by atoms with E-state index in [0.717, 1.165) is 12.8 Å². The van der Waals surface area contributed by atoms with E-state index >= 15 is 0 Å². The van der Waals surface area contributed by atoms with E-state index in [0.29, 0.717) is 6.41 Å². The molecule has 1 rings (SSSR count). The van der Waals surface area contributed by atoms with E-state index < -0.39 is 6.23 Å². The lowest BCUT2D eigenvalue weighted by atomic mass is 9.88. The predicted octanol–water partition coefficient (Wildman–Crippen LogP) is 0.631. The Morgan fingerprint density at radius 2 is 2.00 bits per heavy atom. The number of rotatable bonds is 3. The van der Waals surface area contributed by atoms with Gasteiger partial charge in [-0.2, -0.15) is 0 Å². The van der Waals surface area contributed by atoms with Gasteiger partial charge in [0.2, 0.25) is 6.41 Å².